The molecule has 1 fully saturated rings. The third-order valence-electron chi connectivity index (χ3n) is 7.62. The molecule has 4 rings (SSSR count). The van der Waals surface area contributed by atoms with E-state index in [1.54, 1.807) is 12.1 Å². The second-order valence-electron chi connectivity index (χ2n) is 11.8. The van der Waals surface area contributed by atoms with Crippen molar-refractivity contribution in [3.8, 4) is 0 Å². The molecule has 40 heavy (non-hydrogen) atoms. The molecule has 0 radical (unpaired) electrons. The second-order valence-corrected chi connectivity index (χ2v) is 11.8. The van der Waals surface area contributed by atoms with Crippen LogP contribution >= 0.6 is 0 Å². The first-order valence-electron chi connectivity index (χ1n) is 14.7. The van der Waals surface area contributed by atoms with Crippen LogP contribution in [0.15, 0.2) is 42.5 Å². The number of likely N-dealkylation sites (tertiary alicyclic amines) is 1. The molecule has 1 aliphatic heterocycles. The highest BCUT2D eigenvalue weighted by Gasteiger charge is 2.20. The summed E-state index contributed by atoms with van der Waals surface area (Å²) in [6, 6.07) is 12.2. The largest absolute Gasteiger partial charge is 0.339 e. The normalized spacial score (nSPS) is 13.9. The van der Waals surface area contributed by atoms with Crippen molar-refractivity contribution in [1.82, 2.24) is 19.4 Å². The maximum absolute atomic E-state index is 13.7. The first-order valence-corrected chi connectivity index (χ1v) is 14.7. The Hall–Kier alpha value is -3.46. The zero-order valence-corrected chi connectivity index (χ0v) is 24.4. The number of nitro groups is 1. The lowest BCUT2D eigenvalue weighted by Gasteiger charge is -2.25. The highest BCUT2D eigenvalue weighted by Crippen LogP contribution is 2.26. The number of aromatic nitrogens is 2. The number of nitrogens with one attached hydrogen (secondary N) is 1. The Balaban J connectivity index is 1.62. The summed E-state index contributed by atoms with van der Waals surface area (Å²) in [5.74, 6) is 1.80. The molecule has 216 valence electrons. The van der Waals surface area contributed by atoms with Crippen LogP contribution in [0.5, 0.6) is 0 Å². The van der Waals surface area contributed by atoms with Crippen LogP contribution in [0, 0.1) is 22.0 Å². The summed E-state index contributed by atoms with van der Waals surface area (Å²) in [5.41, 5.74) is 3.20. The summed E-state index contributed by atoms with van der Waals surface area (Å²) in [6.07, 6.45) is 5.44. The number of hydrogen-bond acceptors (Lipinski definition) is 6. The second kappa shape index (κ2) is 13.7. The average molecular weight is 549 g/mol. The van der Waals surface area contributed by atoms with E-state index >= 15 is 0 Å². The van der Waals surface area contributed by atoms with Gasteiger partial charge in [0, 0.05) is 43.0 Å². The number of nitro benzene ring substituents is 1. The maximum atomic E-state index is 13.7. The van der Waals surface area contributed by atoms with Gasteiger partial charge >= 0.3 is 0 Å². The highest BCUT2D eigenvalue weighted by atomic mass is 16.6. The van der Waals surface area contributed by atoms with Crippen molar-refractivity contribution < 1.29 is 9.72 Å². The first-order chi connectivity index (χ1) is 19.2. The van der Waals surface area contributed by atoms with E-state index in [9.17, 15) is 14.9 Å². The minimum atomic E-state index is -0.401. The predicted octanol–water partition coefficient (Wildman–Crippen LogP) is 6.71. The molecular weight excluding hydrogens is 504 g/mol. The number of aryl methyl sites for hydroxylation is 1. The van der Waals surface area contributed by atoms with Crippen LogP contribution in [0.3, 0.4) is 0 Å². The van der Waals surface area contributed by atoms with E-state index in [1.165, 1.54) is 25.0 Å². The van der Waals surface area contributed by atoms with E-state index < -0.39 is 4.92 Å². The smallest absolute Gasteiger partial charge is 0.269 e. The summed E-state index contributed by atoms with van der Waals surface area (Å²) < 4.78 is 2.15. The Bertz CT molecular complexity index is 1270. The van der Waals surface area contributed by atoms with Gasteiger partial charge < -0.3 is 19.7 Å². The van der Waals surface area contributed by atoms with Crippen molar-refractivity contribution in [2.75, 3.05) is 38.0 Å². The number of nitrogens with zero attached hydrogens (tertiary/aromatic N) is 5. The van der Waals surface area contributed by atoms with Crippen molar-refractivity contribution >= 4 is 34.3 Å². The number of non-ortho nitro benzene ring substituents is 1. The quantitative estimate of drug-likeness (QED) is 0.178. The minimum Gasteiger partial charge on any atom is -0.339 e. The van der Waals surface area contributed by atoms with Crippen molar-refractivity contribution in [3.05, 3.63) is 58.1 Å². The lowest BCUT2D eigenvalue weighted by Crippen LogP contribution is -2.34. The zero-order valence-electron chi connectivity index (χ0n) is 24.4. The van der Waals surface area contributed by atoms with Gasteiger partial charge in [-0.1, -0.05) is 27.7 Å². The molecule has 1 aliphatic rings. The van der Waals surface area contributed by atoms with E-state index in [2.05, 4.69) is 42.5 Å². The third kappa shape index (κ3) is 7.81. The van der Waals surface area contributed by atoms with Crippen LogP contribution in [-0.4, -0.2) is 62.9 Å². The molecule has 0 aliphatic carbocycles. The van der Waals surface area contributed by atoms with Gasteiger partial charge in [0.1, 0.15) is 0 Å². The molecule has 0 saturated carbocycles. The van der Waals surface area contributed by atoms with Crippen molar-refractivity contribution in [2.24, 2.45) is 11.8 Å². The molecular formula is C31H44N6O3. The zero-order chi connectivity index (χ0) is 28.6. The van der Waals surface area contributed by atoms with Crippen molar-refractivity contribution in [2.45, 2.75) is 66.3 Å². The molecule has 0 bridgehead atoms. The molecule has 0 spiro atoms. The molecule has 1 N–H and O–H groups in total. The summed E-state index contributed by atoms with van der Waals surface area (Å²) in [4.78, 5) is 33.8. The van der Waals surface area contributed by atoms with Crippen molar-refractivity contribution in [1.29, 1.82) is 0 Å². The summed E-state index contributed by atoms with van der Waals surface area (Å²) >= 11 is 0. The fourth-order valence-electron chi connectivity index (χ4n) is 5.16. The number of carbonyl (C=O) groups excluding carboxylic acids is 1. The highest BCUT2D eigenvalue weighted by molar-refractivity contribution is 5.98. The van der Waals surface area contributed by atoms with E-state index in [0.717, 1.165) is 75.3 Å². The third-order valence-corrected chi connectivity index (χ3v) is 7.62. The van der Waals surface area contributed by atoms with Gasteiger partial charge in [-0.05, 0) is 93.9 Å². The Morgan fingerprint density at radius 2 is 1.65 bits per heavy atom. The number of fused-ring (bicyclic) bond motifs is 1. The van der Waals surface area contributed by atoms with E-state index in [-0.39, 0.29) is 11.6 Å². The Morgan fingerprint density at radius 3 is 2.25 bits per heavy atom. The van der Waals surface area contributed by atoms with Gasteiger partial charge in [-0.2, -0.15) is 0 Å². The SMILES string of the molecule is CC(C)CCN(CCC(C)C)C(=O)c1ccc2nc(Nc3ccc([N+](=O)[O-])cc3)n(CCCN3CCCC3)c2c1. The Morgan fingerprint density at radius 1 is 1.00 bits per heavy atom. The molecule has 9 heteroatoms. The van der Waals surface area contributed by atoms with Gasteiger partial charge in [0.2, 0.25) is 5.95 Å². The predicted molar refractivity (Wildman–Crippen MR) is 161 cm³/mol. The minimum absolute atomic E-state index is 0.0484. The number of amides is 1. The monoisotopic (exact) mass is 548 g/mol. The molecule has 2 heterocycles. The van der Waals surface area contributed by atoms with E-state index in [0.29, 0.717) is 23.3 Å². The molecule has 0 atom stereocenters. The molecule has 1 saturated heterocycles. The molecule has 1 aromatic heterocycles. The molecule has 9 nitrogen and oxygen atoms in total. The average Bonchev–Trinajstić information content (AvgIpc) is 3.56. The van der Waals surface area contributed by atoms with Crippen LogP contribution in [0.4, 0.5) is 17.3 Å². The number of carbonyl (C=O) groups is 1. The summed E-state index contributed by atoms with van der Waals surface area (Å²) in [7, 11) is 0. The fraction of sp³-hybridized carbons (Fsp3) is 0.548. The number of imidazole rings is 1. The van der Waals surface area contributed by atoms with Gasteiger partial charge in [0.15, 0.2) is 0 Å². The number of benzene rings is 2. The van der Waals surface area contributed by atoms with Crippen molar-refractivity contribution in [3.63, 3.8) is 0 Å². The van der Waals surface area contributed by atoms with Crippen LogP contribution in [0.2, 0.25) is 0 Å². The van der Waals surface area contributed by atoms with Gasteiger partial charge in [-0.3, -0.25) is 14.9 Å². The lowest BCUT2D eigenvalue weighted by atomic mass is 10.1. The van der Waals surface area contributed by atoms with E-state index in [4.69, 9.17) is 4.98 Å². The number of anilines is 2. The Kier molecular flexibility index (Phi) is 10.1. The number of rotatable bonds is 14. The van der Waals surface area contributed by atoms with Crippen LogP contribution < -0.4 is 5.32 Å². The first kappa shape index (κ1) is 29.5. The maximum Gasteiger partial charge on any atom is 0.269 e. The summed E-state index contributed by atoms with van der Waals surface area (Å²) in [5, 5.41) is 14.5. The molecule has 2 aromatic carbocycles. The fourth-order valence-corrected chi connectivity index (χ4v) is 5.16. The van der Waals surface area contributed by atoms with E-state index in [1.807, 2.05) is 23.1 Å². The molecule has 3 aromatic rings. The van der Waals surface area contributed by atoms with Gasteiger partial charge in [-0.15, -0.1) is 0 Å². The van der Waals surface area contributed by atoms with Gasteiger partial charge in [0.05, 0.1) is 16.0 Å². The van der Waals surface area contributed by atoms with Crippen LogP contribution in [0.25, 0.3) is 11.0 Å². The lowest BCUT2D eigenvalue weighted by molar-refractivity contribution is -0.384. The van der Waals surface area contributed by atoms with Gasteiger partial charge in [-0.25, -0.2) is 4.98 Å². The van der Waals surface area contributed by atoms with Crippen LogP contribution in [-0.2, 0) is 6.54 Å². The Labute approximate surface area is 237 Å². The number of hydrogen-bond donors (Lipinski definition) is 1. The topological polar surface area (TPSA) is 96.5 Å². The molecule has 1 amide bonds. The van der Waals surface area contributed by atoms with Gasteiger partial charge in [0.25, 0.3) is 11.6 Å². The summed E-state index contributed by atoms with van der Waals surface area (Å²) in [6.45, 7) is 14.4. The molecule has 0 unspecified atom stereocenters. The standard InChI is InChI=1S/C31H44N6O3/c1-23(2)14-20-35(21-15-24(3)4)30(38)25-8-13-28-29(22-25)36(19-7-18-34-16-5-6-17-34)31(33-28)32-26-9-11-27(12-10-26)37(39)40/h8-13,22-24H,5-7,14-21H2,1-4H3,(H,32,33). The van der Waals surface area contributed by atoms with Crippen LogP contribution in [0.1, 0.15) is 70.2 Å².